The summed E-state index contributed by atoms with van der Waals surface area (Å²) in [5.41, 5.74) is 6.21. The standard InChI is InChI=1S/C13H20N6O2/c1-8-15-11(6-12-16-17-13(20)19(8)12)18-4-3-10(21-2)5-9(18)7-14/h6,9-10H,3-5,7,14H2,1-2H3,(H,17,20). The number of aromatic nitrogens is 4. The lowest BCUT2D eigenvalue weighted by atomic mass is 9.99. The number of H-pyrrole nitrogens is 1. The number of ether oxygens (including phenoxy) is 1. The second-order valence-electron chi connectivity index (χ2n) is 5.35. The first-order valence-corrected chi connectivity index (χ1v) is 7.08. The van der Waals surface area contributed by atoms with E-state index >= 15 is 0 Å². The van der Waals surface area contributed by atoms with Gasteiger partial charge >= 0.3 is 5.69 Å². The van der Waals surface area contributed by atoms with Crippen molar-refractivity contribution in [1.82, 2.24) is 19.6 Å². The zero-order chi connectivity index (χ0) is 15.0. The summed E-state index contributed by atoms with van der Waals surface area (Å²) in [6, 6.07) is 2.00. The number of anilines is 1. The van der Waals surface area contributed by atoms with Crippen LogP contribution < -0.4 is 16.3 Å². The molecular formula is C13H20N6O2. The lowest BCUT2D eigenvalue weighted by molar-refractivity contribution is 0.0708. The molecule has 1 aliphatic rings. The fourth-order valence-corrected chi connectivity index (χ4v) is 2.98. The van der Waals surface area contributed by atoms with Crippen LogP contribution in [0.1, 0.15) is 18.7 Å². The Kier molecular flexibility index (Phi) is 3.64. The number of hydrogen-bond acceptors (Lipinski definition) is 6. The summed E-state index contributed by atoms with van der Waals surface area (Å²) in [5, 5.41) is 6.46. The highest BCUT2D eigenvalue weighted by Crippen LogP contribution is 2.25. The number of nitrogens with one attached hydrogen (secondary N) is 1. The molecule has 1 aliphatic heterocycles. The Morgan fingerprint density at radius 3 is 3.10 bits per heavy atom. The Morgan fingerprint density at radius 1 is 1.57 bits per heavy atom. The maximum Gasteiger partial charge on any atom is 0.349 e. The summed E-state index contributed by atoms with van der Waals surface area (Å²) < 4.78 is 6.90. The molecule has 8 heteroatoms. The number of piperidine rings is 1. The molecule has 3 rings (SSSR count). The van der Waals surface area contributed by atoms with Crippen LogP contribution in [0, 0.1) is 6.92 Å². The van der Waals surface area contributed by atoms with Crippen molar-refractivity contribution in [3.8, 4) is 0 Å². The molecule has 3 N–H and O–H groups in total. The van der Waals surface area contributed by atoms with E-state index in [4.69, 9.17) is 10.5 Å². The largest absolute Gasteiger partial charge is 0.381 e. The highest BCUT2D eigenvalue weighted by Gasteiger charge is 2.29. The number of aromatic amines is 1. The lowest BCUT2D eigenvalue weighted by Gasteiger charge is -2.39. The maximum atomic E-state index is 11.6. The van der Waals surface area contributed by atoms with E-state index in [-0.39, 0.29) is 17.8 Å². The second kappa shape index (κ2) is 5.45. The van der Waals surface area contributed by atoms with Gasteiger partial charge in [-0.2, -0.15) is 5.10 Å². The van der Waals surface area contributed by atoms with Gasteiger partial charge in [-0.05, 0) is 19.8 Å². The third kappa shape index (κ3) is 2.40. The quantitative estimate of drug-likeness (QED) is 0.803. The summed E-state index contributed by atoms with van der Waals surface area (Å²) in [7, 11) is 1.73. The number of nitrogens with zero attached hydrogens (tertiary/aromatic N) is 4. The summed E-state index contributed by atoms with van der Waals surface area (Å²) >= 11 is 0. The van der Waals surface area contributed by atoms with E-state index < -0.39 is 0 Å². The molecular weight excluding hydrogens is 272 g/mol. The Labute approximate surface area is 121 Å². The average molecular weight is 292 g/mol. The van der Waals surface area contributed by atoms with Crippen LogP contribution in [0.4, 0.5) is 5.82 Å². The molecule has 1 fully saturated rings. The summed E-state index contributed by atoms with van der Waals surface area (Å²) in [5.74, 6) is 1.43. The number of nitrogens with two attached hydrogens (primary N) is 1. The molecule has 2 unspecified atom stereocenters. The van der Waals surface area contributed by atoms with Crippen molar-refractivity contribution in [2.45, 2.75) is 31.9 Å². The van der Waals surface area contributed by atoms with Gasteiger partial charge in [0.25, 0.3) is 0 Å². The van der Waals surface area contributed by atoms with Gasteiger partial charge in [-0.3, -0.25) is 0 Å². The number of rotatable bonds is 3. The molecule has 3 heterocycles. The topological polar surface area (TPSA) is 102 Å². The molecule has 0 aromatic carbocycles. The summed E-state index contributed by atoms with van der Waals surface area (Å²) in [6.07, 6.45) is 2.06. The van der Waals surface area contributed by atoms with E-state index in [2.05, 4.69) is 20.1 Å². The molecule has 8 nitrogen and oxygen atoms in total. The molecule has 1 saturated heterocycles. The number of fused-ring (bicyclic) bond motifs is 1. The monoisotopic (exact) mass is 292 g/mol. The molecule has 2 atom stereocenters. The van der Waals surface area contributed by atoms with Crippen LogP contribution in [0.15, 0.2) is 10.9 Å². The number of hydrogen-bond donors (Lipinski definition) is 2. The van der Waals surface area contributed by atoms with Gasteiger partial charge < -0.3 is 15.4 Å². The van der Waals surface area contributed by atoms with Crippen LogP contribution in [0.3, 0.4) is 0 Å². The maximum absolute atomic E-state index is 11.6. The van der Waals surface area contributed by atoms with Crippen molar-refractivity contribution in [1.29, 1.82) is 0 Å². The molecule has 0 bridgehead atoms. The first kappa shape index (κ1) is 14.0. The lowest BCUT2D eigenvalue weighted by Crippen LogP contribution is -2.49. The summed E-state index contributed by atoms with van der Waals surface area (Å²) in [4.78, 5) is 18.4. The van der Waals surface area contributed by atoms with Crippen LogP contribution in [0.5, 0.6) is 0 Å². The third-order valence-electron chi connectivity index (χ3n) is 4.12. The number of aryl methyl sites for hydroxylation is 1. The molecule has 21 heavy (non-hydrogen) atoms. The van der Waals surface area contributed by atoms with Crippen LogP contribution in [0.2, 0.25) is 0 Å². The molecule has 114 valence electrons. The van der Waals surface area contributed by atoms with Gasteiger partial charge in [-0.25, -0.2) is 19.3 Å². The van der Waals surface area contributed by atoms with E-state index in [1.807, 2.05) is 6.07 Å². The minimum Gasteiger partial charge on any atom is -0.381 e. The highest BCUT2D eigenvalue weighted by molar-refractivity contribution is 5.52. The minimum absolute atomic E-state index is 0.184. The van der Waals surface area contributed by atoms with Gasteiger partial charge in [-0.15, -0.1) is 0 Å². The Hall–Kier alpha value is -1.93. The fraction of sp³-hybridized carbons (Fsp3) is 0.615. The van der Waals surface area contributed by atoms with Gasteiger partial charge in [0.2, 0.25) is 0 Å². The van der Waals surface area contributed by atoms with E-state index in [1.54, 1.807) is 14.0 Å². The predicted octanol–water partition coefficient (Wildman–Crippen LogP) is -0.331. The van der Waals surface area contributed by atoms with Crippen molar-refractivity contribution in [2.75, 3.05) is 25.1 Å². The predicted molar refractivity (Wildman–Crippen MR) is 78.6 cm³/mol. The minimum atomic E-state index is -0.269. The Balaban J connectivity index is 1.97. The third-order valence-corrected chi connectivity index (χ3v) is 4.12. The molecule has 0 radical (unpaired) electrons. The molecule has 0 amide bonds. The van der Waals surface area contributed by atoms with Gasteiger partial charge in [0.1, 0.15) is 11.6 Å². The number of methoxy groups -OCH3 is 1. The zero-order valence-electron chi connectivity index (χ0n) is 12.2. The smallest absolute Gasteiger partial charge is 0.349 e. The normalized spacial score (nSPS) is 22.9. The van der Waals surface area contributed by atoms with Crippen molar-refractivity contribution in [3.05, 3.63) is 22.4 Å². The van der Waals surface area contributed by atoms with Crippen molar-refractivity contribution >= 4 is 11.5 Å². The van der Waals surface area contributed by atoms with Crippen molar-refractivity contribution < 1.29 is 4.74 Å². The molecule has 0 aliphatic carbocycles. The second-order valence-corrected chi connectivity index (χ2v) is 5.35. The van der Waals surface area contributed by atoms with E-state index in [9.17, 15) is 4.79 Å². The Bertz CT molecular complexity index is 694. The molecule has 2 aromatic rings. The van der Waals surface area contributed by atoms with Crippen molar-refractivity contribution in [3.63, 3.8) is 0 Å². The van der Waals surface area contributed by atoms with Gasteiger partial charge in [-0.1, -0.05) is 0 Å². The van der Waals surface area contributed by atoms with Crippen LogP contribution >= 0.6 is 0 Å². The highest BCUT2D eigenvalue weighted by atomic mass is 16.5. The zero-order valence-corrected chi connectivity index (χ0v) is 12.2. The van der Waals surface area contributed by atoms with Crippen LogP contribution in [0.25, 0.3) is 5.65 Å². The Morgan fingerprint density at radius 2 is 2.38 bits per heavy atom. The van der Waals surface area contributed by atoms with E-state index in [1.165, 1.54) is 4.40 Å². The SMILES string of the molecule is COC1CCN(c2cc3n[nH]c(=O)n3c(C)n2)C(CN)C1. The first-order chi connectivity index (χ1) is 10.1. The van der Waals surface area contributed by atoms with Crippen molar-refractivity contribution in [2.24, 2.45) is 5.73 Å². The molecule has 2 aromatic heterocycles. The van der Waals surface area contributed by atoms with Gasteiger partial charge in [0, 0.05) is 32.3 Å². The summed E-state index contributed by atoms with van der Waals surface area (Å²) in [6.45, 7) is 3.17. The van der Waals surface area contributed by atoms with Crippen LogP contribution in [-0.2, 0) is 4.74 Å². The van der Waals surface area contributed by atoms with Gasteiger partial charge in [0.05, 0.1) is 6.10 Å². The van der Waals surface area contributed by atoms with Gasteiger partial charge in [0.15, 0.2) is 5.65 Å². The molecule has 0 saturated carbocycles. The van der Waals surface area contributed by atoms with Crippen LogP contribution in [-0.4, -0.2) is 51.9 Å². The first-order valence-electron chi connectivity index (χ1n) is 7.08. The average Bonchev–Trinajstić information content (AvgIpc) is 2.88. The molecule has 0 spiro atoms. The van der Waals surface area contributed by atoms with E-state index in [0.717, 1.165) is 25.2 Å². The van der Waals surface area contributed by atoms with E-state index in [0.29, 0.717) is 18.0 Å². The fourth-order valence-electron chi connectivity index (χ4n) is 2.98.